The van der Waals surface area contributed by atoms with Crippen molar-refractivity contribution in [2.24, 2.45) is 11.8 Å². The minimum absolute atomic E-state index is 0.188. The molecule has 0 bridgehead atoms. The molecule has 1 saturated heterocycles. The average Bonchev–Trinajstić information content (AvgIpc) is 2.36. The standard InChI is InChI=1S/C15H28N2O4/c1-15(2,3)21-14(19)16-9-12-10-17(4)7-6-11(12)8-13(18)20-5/h11-12H,6-10H2,1-5H3,(H,16,19). The Bertz CT molecular complexity index is 365. The fourth-order valence-corrected chi connectivity index (χ4v) is 2.59. The molecule has 0 saturated carbocycles. The quantitative estimate of drug-likeness (QED) is 0.800. The Labute approximate surface area is 127 Å². The van der Waals surface area contributed by atoms with Gasteiger partial charge in [0.25, 0.3) is 0 Å². The summed E-state index contributed by atoms with van der Waals surface area (Å²) in [5, 5.41) is 2.81. The van der Waals surface area contributed by atoms with Crippen LogP contribution < -0.4 is 5.32 Å². The summed E-state index contributed by atoms with van der Waals surface area (Å²) in [6, 6.07) is 0. The van der Waals surface area contributed by atoms with E-state index in [9.17, 15) is 9.59 Å². The van der Waals surface area contributed by atoms with E-state index < -0.39 is 11.7 Å². The lowest BCUT2D eigenvalue weighted by Gasteiger charge is -2.36. The fourth-order valence-electron chi connectivity index (χ4n) is 2.59. The summed E-state index contributed by atoms with van der Waals surface area (Å²) in [5.41, 5.74) is -0.501. The van der Waals surface area contributed by atoms with Crippen LogP contribution in [0, 0.1) is 11.8 Å². The number of nitrogens with zero attached hydrogens (tertiary/aromatic N) is 1. The molecule has 1 fully saturated rings. The summed E-state index contributed by atoms with van der Waals surface area (Å²) in [4.78, 5) is 25.4. The number of methoxy groups -OCH3 is 1. The lowest BCUT2D eigenvalue weighted by Crippen LogP contribution is -2.45. The zero-order chi connectivity index (χ0) is 16.0. The van der Waals surface area contributed by atoms with E-state index in [0.29, 0.717) is 13.0 Å². The zero-order valence-corrected chi connectivity index (χ0v) is 13.8. The maximum absolute atomic E-state index is 11.7. The van der Waals surface area contributed by atoms with E-state index in [-0.39, 0.29) is 17.8 Å². The number of likely N-dealkylation sites (tertiary alicyclic amines) is 1. The third-order valence-electron chi connectivity index (χ3n) is 3.66. The van der Waals surface area contributed by atoms with Gasteiger partial charge < -0.3 is 19.7 Å². The predicted octanol–water partition coefficient (Wildman–Crippen LogP) is 1.64. The molecular formula is C15H28N2O4. The monoisotopic (exact) mass is 300 g/mol. The lowest BCUT2D eigenvalue weighted by atomic mass is 9.83. The van der Waals surface area contributed by atoms with Crippen molar-refractivity contribution in [3.63, 3.8) is 0 Å². The van der Waals surface area contributed by atoms with Crippen LogP contribution in [0.2, 0.25) is 0 Å². The Morgan fingerprint density at radius 1 is 1.29 bits per heavy atom. The van der Waals surface area contributed by atoms with Gasteiger partial charge in [-0.05, 0) is 52.6 Å². The summed E-state index contributed by atoms with van der Waals surface area (Å²) in [5.74, 6) is 0.283. The van der Waals surface area contributed by atoms with E-state index in [1.54, 1.807) is 0 Å². The zero-order valence-electron chi connectivity index (χ0n) is 13.8. The molecule has 1 amide bonds. The Hall–Kier alpha value is -1.30. The highest BCUT2D eigenvalue weighted by molar-refractivity contribution is 5.69. The number of nitrogens with one attached hydrogen (secondary N) is 1. The molecule has 0 aromatic carbocycles. The van der Waals surface area contributed by atoms with E-state index in [0.717, 1.165) is 19.5 Å². The lowest BCUT2D eigenvalue weighted by molar-refractivity contribution is -0.142. The van der Waals surface area contributed by atoms with Crippen LogP contribution in [0.25, 0.3) is 0 Å². The maximum atomic E-state index is 11.7. The minimum atomic E-state index is -0.501. The first-order valence-corrected chi connectivity index (χ1v) is 7.43. The van der Waals surface area contributed by atoms with Crippen molar-refractivity contribution in [3.8, 4) is 0 Å². The molecule has 0 aliphatic carbocycles. The smallest absolute Gasteiger partial charge is 0.407 e. The van der Waals surface area contributed by atoms with Crippen LogP contribution in [0.15, 0.2) is 0 Å². The first-order valence-electron chi connectivity index (χ1n) is 7.43. The molecule has 1 heterocycles. The van der Waals surface area contributed by atoms with E-state index in [2.05, 4.69) is 17.3 Å². The van der Waals surface area contributed by atoms with Crippen molar-refractivity contribution in [2.75, 3.05) is 33.8 Å². The summed E-state index contributed by atoms with van der Waals surface area (Å²) in [6.45, 7) is 7.84. The van der Waals surface area contributed by atoms with Gasteiger partial charge in [0.05, 0.1) is 7.11 Å². The predicted molar refractivity (Wildman–Crippen MR) is 80.0 cm³/mol. The summed E-state index contributed by atoms with van der Waals surface area (Å²) < 4.78 is 9.99. The van der Waals surface area contributed by atoms with Crippen molar-refractivity contribution in [1.82, 2.24) is 10.2 Å². The number of amides is 1. The Balaban J connectivity index is 2.51. The molecule has 1 N–H and O–H groups in total. The van der Waals surface area contributed by atoms with Gasteiger partial charge in [-0.2, -0.15) is 0 Å². The number of carbonyl (C=O) groups is 2. The first-order chi connectivity index (χ1) is 9.71. The first kappa shape index (κ1) is 17.8. The number of carbonyl (C=O) groups excluding carboxylic acids is 2. The van der Waals surface area contributed by atoms with Gasteiger partial charge in [-0.1, -0.05) is 0 Å². The highest BCUT2D eigenvalue weighted by atomic mass is 16.6. The number of hydrogen-bond acceptors (Lipinski definition) is 5. The summed E-state index contributed by atoms with van der Waals surface area (Å²) in [6.07, 6.45) is 0.935. The Morgan fingerprint density at radius 2 is 1.95 bits per heavy atom. The van der Waals surface area contributed by atoms with Crippen LogP contribution in [0.5, 0.6) is 0 Å². The van der Waals surface area contributed by atoms with E-state index in [1.165, 1.54) is 7.11 Å². The van der Waals surface area contributed by atoms with Gasteiger partial charge in [-0.3, -0.25) is 4.79 Å². The highest BCUT2D eigenvalue weighted by Gasteiger charge is 2.30. The molecule has 6 nitrogen and oxygen atoms in total. The summed E-state index contributed by atoms with van der Waals surface area (Å²) >= 11 is 0. The van der Waals surface area contributed by atoms with E-state index in [4.69, 9.17) is 9.47 Å². The molecule has 0 aromatic heterocycles. The van der Waals surface area contributed by atoms with Crippen LogP contribution in [-0.2, 0) is 14.3 Å². The van der Waals surface area contributed by atoms with Gasteiger partial charge in [0.2, 0.25) is 0 Å². The van der Waals surface area contributed by atoms with Crippen LogP contribution in [0.4, 0.5) is 4.79 Å². The molecule has 21 heavy (non-hydrogen) atoms. The molecule has 0 spiro atoms. The second-order valence-electron chi connectivity index (χ2n) is 6.73. The van der Waals surface area contributed by atoms with Gasteiger partial charge in [0.1, 0.15) is 5.60 Å². The molecule has 122 valence electrons. The van der Waals surface area contributed by atoms with Gasteiger partial charge in [-0.15, -0.1) is 0 Å². The second kappa shape index (κ2) is 7.64. The normalized spacial score (nSPS) is 23.5. The van der Waals surface area contributed by atoms with Crippen molar-refractivity contribution < 1.29 is 19.1 Å². The molecule has 1 aliphatic rings. The van der Waals surface area contributed by atoms with Crippen LogP contribution in [0.1, 0.15) is 33.6 Å². The SMILES string of the molecule is COC(=O)CC1CCN(C)CC1CNC(=O)OC(C)(C)C. The van der Waals surface area contributed by atoms with Gasteiger partial charge >= 0.3 is 12.1 Å². The molecule has 0 aromatic rings. The fraction of sp³-hybridized carbons (Fsp3) is 0.867. The molecule has 2 atom stereocenters. The number of rotatable bonds is 4. The minimum Gasteiger partial charge on any atom is -0.469 e. The average molecular weight is 300 g/mol. The molecular weight excluding hydrogens is 272 g/mol. The highest BCUT2D eigenvalue weighted by Crippen LogP contribution is 2.26. The largest absolute Gasteiger partial charge is 0.469 e. The topological polar surface area (TPSA) is 67.9 Å². The van der Waals surface area contributed by atoms with Gasteiger partial charge in [0.15, 0.2) is 0 Å². The summed E-state index contributed by atoms with van der Waals surface area (Å²) in [7, 11) is 3.46. The van der Waals surface area contributed by atoms with Crippen LogP contribution >= 0.6 is 0 Å². The van der Waals surface area contributed by atoms with E-state index >= 15 is 0 Å². The van der Waals surface area contributed by atoms with Crippen LogP contribution in [-0.4, -0.2) is 56.4 Å². The number of ether oxygens (including phenoxy) is 2. The number of alkyl carbamates (subject to hydrolysis) is 1. The van der Waals surface area contributed by atoms with Gasteiger partial charge in [0, 0.05) is 19.5 Å². The molecule has 0 radical (unpaired) electrons. The third-order valence-corrected chi connectivity index (χ3v) is 3.66. The Kier molecular flexibility index (Phi) is 6.45. The number of esters is 1. The van der Waals surface area contributed by atoms with E-state index in [1.807, 2.05) is 20.8 Å². The second-order valence-corrected chi connectivity index (χ2v) is 6.73. The molecule has 1 rings (SSSR count). The maximum Gasteiger partial charge on any atom is 0.407 e. The third kappa shape index (κ3) is 6.80. The molecule has 1 aliphatic heterocycles. The molecule has 6 heteroatoms. The number of hydrogen-bond donors (Lipinski definition) is 1. The van der Waals surface area contributed by atoms with Gasteiger partial charge in [-0.25, -0.2) is 4.79 Å². The number of piperidine rings is 1. The molecule has 2 unspecified atom stereocenters. The van der Waals surface area contributed by atoms with Crippen molar-refractivity contribution in [1.29, 1.82) is 0 Å². The van der Waals surface area contributed by atoms with Crippen molar-refractivity contribution >= 4 is 12.1 Å². The van der Waals surface area contributed by atoms with Crippen molar-refractivity contribution in [2.45, 2.75) is 39.2 Å². The van der Waals surface area contributed by atoms with Crippen molar-refractivity contribution in [3.05, 3.63) is 0 Å². The Morgan fingerprint density at radius 3 is 2.52 bits per heavy atom. The van der Waals surface area contributed by atoms with Crippen LogP contribution in [0.3, 0.4) is 0 Å².